The van der Waals surface area contributed by atoms with Crippen molar-refractivity contribution in [2.24, 2.45) is 5.41 Å². The van der Waals surface area contributed by atoms with E-state index in [0.29, 0.717) is 16.9 Å². The number of rotatable bonds is 2. The predicted octanol–water partition coefficient (Wildman–Crippen LogP) is 1.57. The SMILES string of the molecule is Cc1noc(C2CC3(CNC3)C2)c1C(=O)O.Cl. The van der Waals surface area contributed by atoms with Gasteiger partial charge < -0.3 is 14.9 Å². The Balaban J connectivity index is 0.00000108. The maximum atomic E-state index is 11.1. The van der Waals surface area contributed by atoms with Crippen LogP contribution in [0.4, 0.5) is 0 Å². The number of nitrogens with zero attached hydrogens (tertiary/aromatic N) is 1. The molecule has 2 aliphatic rings. The van der Waals surface area contributed by atoms with Crippen LogP contribution in [0.15, 0.2) is 4.52 Å². The Morgan fingerprint density at radius 3 is 2.65 bits per heavy atom. The van der Waals surface area contributed by atoms with Crippen LogP contribution >= 0.6 is 12.4 Å². The lowest BCUT2D eigenvalue weighted by Crippen LogP contribution is -2.59. The monoisotopic (exact) mass is 258 g/mol. The molecule has 17 heavy (non-hydrogen) atoms. The molecule has 2 heterocycles. The van der Waals surface area contributed by atoms with E-state index < -0.39 is 5.97 Å². The summed E-state index contributed by atoms with van der Waals surface area (Å²) in [6.07, 6.45) is 2.05. The molecule has 0 amide bonds. The molecule has 1 aliphatic heterocycles. The normalized spacial score (nSPS) is 21.5. The van der Waals surface area contributed by atoms with Crippen molar-refractivity contribution < 1.29 is 14.4 Å². The average molecular weight is 259 g/mol. The van der Waals surface area contributed by atoms with Crippen molar-refractivity contribution in [3.63, 3.8) is 0 Å². The molecular weight excluding hydrogens is 244 g/mol. The Morgan fingerprint density at radius 2 is 2.18 bits per heavy atom. The van der Waals surface area contributed by atoms with Crippen molar-refractivity contribution in [2.45, 2.75) is 25.7 Å². The highest BCUT2D eigenvalue weighted by atomic mass is 35.5. The highest BCUT2D eigenvalue weighted by Crippen LogP contribution is 2.53. The summed E-state index contributed by atoms with van der Waals surface area (Å²) >= 11 is 0. The largest absolute Gasteiger partial charge is 0.477 e. The van der Waals surface area contributed by atoms with Crippen molar-refractivity contribution in [1.29, 1.82) is 0 Å². The number of halogens is 1. The predicted molar refractivity (Wildman–Crippen MR) is 62.7 cm³/mol. The zero-order chi connectivity index (χ0) is 11.3. The Labute approximate surface area is 105 Å². The van der Waals surface area contributed by atoms with Crippen LogP contribution in [0, 0.1) is 12.3 Å². The van der Waals surface area contributed by atoms with Crippen LogP contribution < -0.4 is 5.32 Å². The van der Waals surface area contributed by atoms with Gasteiger partial charge in [0.05, 0.1) is 5.69 Å². The van der Waals surface area contributed by atoms with Crippen molar-refractivity contribution >= 4 is 18.4 Å². The van der Waals surface area contributed by atoms with Gasteiger partial charge in [0, 0.05) is 19.0 Å². The lowest BCUT2D eigenvalue weighted by molar-refractivity contribution is 0.0250. The second-order valence-corrected chi connectivity index (χ2v) is 5.02. The summed E-state index contributed by atoms with van der Waals surface area (Å²) in [6.45, 7) is 3.79. The maximum Gasteiger partial charge on any atom is 0.341 e. The first kappa shape index (κ1) is 12.4. The van der Waals surface area contributed by atoms with Crippen LogP contribution in [0.1, 0.15) is 40.6 Å². The number of carboxylic acids is 1. The smallest absolute Gasteiger partial charge is 0.341 e. The van der Waals surface area contributed by atoms with Crippen molar-refractivity contribution in [3.05, 3.63) is 17.0 Å². The minimum atomic E-state index is -0.929. The van der Waals surface area contributed by atoms with Crippen LogP contribution in [0.5, 0.6) is 0 Å². The standard InChI is InChI=1S/C11H14N2O3.ClH/c1-6-8(10(14)15)9(16-13-6)7-2-11(3-7)4-12-5-11;/h7,12H,2-5H2,1H3,(H,14,15);1H. The van der Waals surface area contributed by atoms with Gasteiger partial charge in [-0.05, 0) is 25.2 Å². The van der Waals surface area contributed by atoms with Gasteiger partial charge in [0.15, 0.2) is 5.76 Å². The highest BCUT2D eigenvalue weighted by Gasteiger charge is 2.51. The maximum absolute atomic E-state index is 11.1. The molecule has 1 saturated carbocycles. The van der Waals surface area contributed by atoms with Gasteiger partial charge in [-0.3, -0.25) is 0 Å². The van der Waals surface area contributed by atoms with Crippen LogP contribution in [0.25, 0.3) is 0 Å². The Bertz CT molecular complexity index is 446. The molecule has 2 N–H and O–H groups in total. The van der Waals surface area contributed by atoms with Gasteiger partial charge in [0.25, 0.3) is 0 Å². The molecule has 6 heteroatoms. The van der Waals surface area contributed by atoms with E-state index in [1.165, 1.54) is 0 Å². The first-order valence-electron chi connectivity index (χ1n) is 5.51. The molecular formula is C11H15ClN2O3. The summed E-state index contributed by atoms with van der Waals surface area (Å²) in [5.74, 6) is -0.113. The van der Waals surface area contributed by atoms with Crippen molar-refractivity contribution in [1.82, 2.24) is 10.5 Å². The number of aryl methyl sites for hydroxylation is 1. The third-order valence-corrected chi connectivity index (χ3v) is 3.83. The molecule has 0 atom stereocenters. The molecule has 3 rings (SSSR count). The fourth-order valence-corrected chi connectivity index (χ4v) is 2.86. The average Bonchev–Trinajstić information content (AvgIpc) is 2.42. The zero-order valence-corrected chi connectivity index (χ0v) is 10.3. The van der Waals surface area contributed by atoms with E-state index in [1.807, 2.05) is 0 Å². The number of carbonyl (C=O) groups is 1. The van der Waals surface area contributed by atoms with Crippen LogP contribution in [-0.2, 0) is 0 Å². The minimum absolute atomic E-state index is 0. The molecule has 2 fully saturated rings. The molecule has 0 unspecified atom stereocenters. The van der Waals surface area contributed by atoms with Gasteiger partial charge in [-0.25, -0.2) is 4.79 Å². The summed E-state index contributed by atoms with van der Waals surface area (Å²) < 4.78 is 5.17. The van der Waals surface area contributed by atoms with Crippen molar-refractivity contribution in [3.8, 4) is 0 Å². The Morgan fingerprint density at radius 1 is 1.53 bits per heavy atom. The molecule has 5 nitrogen and oxygen atoms in total. The third kappa shape index (κ3) is 1.73. The molecule has 0 radical (unpaired) electrons. The summed E-state index contributed by atoms with van der Waals surface area (Å²) in [5.41, 5.74) is 1.17. The molecule has 1 aliphatic carbocycles. The van der Waals surface area contributed by atoms with E-state index in [-0.39, 0.29) is 23.9 Å². The summed E-state index contributed by atoms with van der Waals surface area (Å²) in [6, 6.07) is 0. The topological polar surface area (TPSA) is 75.4 Å². The van der Waals surface area contributed by atoms with Crippen LogP contribution in [0.2, 0.25) is 0 Å². The van der Waals surface area contributed by atoms with Gasteiger partial charge >= 0.3 is 5.97 Å². The van der Waals surface area contributed by atoms with Gasteiger partial charge in [-0.2, -0.15) is 0 Å². The van der Waals surface area contributed by atoms with E-state index in [0.717, 1.165) is 25.9 Å². The number of nitrogens with one attached hydrogen (secondary N) is 1. The first-order valence-corrected chi connectivity index (χ1v) is 5.51. The van der Waals surface area contributed by atoms with E-state index in [9.17, 15) is 4.79 Å². The zero-order valence-electron chi connectivity index (χ0n) is 9.52. The summed E-state index contributed by atoms with van der Waals surface area (Å²) in [5, 5.41) is 16.1. The van der Waals surface area contributed by atoms with Crippen LogP contribution in [-0.4, -0.2) is 29.3 Å². The highest BCUT2D eigenvalue weighted by molar-refractivity contribution is 5.90. The Hall–Kier alpha value is -1.07. The van der Waals surface area contributed by atoms with Gasteiger partial charge in [0.1, 0.15) is 5.56 Å². The Kier molecular flexibility index (Phi) is 2.91. The number of hydrogen-bond acceptors (Lipinski definition) is 4. The van der Waals surface area contributed by atoms with Crippen LogP contribution in [0.3, 0.4) is 0 Å². The fourth-order valence-electron chi connectivity index (χ4n) is 2.86. The number of aromatic carboxylic acids is 1. The summed E-state index contributed by atoms with van der Waals surface area (Å²) in [4.78, 5) is 11.1. The number of carboxylic acid groups (broad SMARTS) is 1. The van der Waals surface area contributed by atoms with E-state index in [1.54, 1.807) is 6.92 Å². The minimum Gasteiger partial charge on any atom is -0.477 e. The fraction of sp³-hybridized carbons (Fsp3) is 0.636. The lowest BCUT2D eigenvalue weighted by atomic mass is 9.57. The van der Waals surface area contributed by atoms with E-state index in [2.05, 4.69) is 10.5 Å². The second kappa shape index (κ2) is 3.99. The van der Waals surface area contributed by atoms with Gasteiger partial charge in [-0.15, -0.1) is 12.4 Å². The molecule has 1 aromatic rings. The molecule has 0 bridgehead atoms. The van der Waals surface area contributed by atoms with E-state index in [4.69, 9.17) is 9.63 Å². The molecule has 1 saturated heterocycles. The van der Waals surface area contributed by atoms with Gasteiger partial charge in [-0.1, -0.05) is 5.16 Å². The second-order valence-electron chi connectivity index (χ2n) is 5.02. The van der Waals surface area contributed by atoms with Gasteiger partial charge in [0.2, 0.25) is 0 Å². The first-order chi connectivity index (χ1) is 7.61. The lowest BCUT2D eigenvalue weighted by Gasteiger charge is -2.53. The van der Waals surface area contributed by atoms with E-state index >= 15 is 0 Å². The molecule has 0 aromatic carbocycles. The summed E-state index contributed by atoms with van der Waals surface area (Å²) in [7, 11) is 0. The van der Waals surface area contributed by atoms with Crippen molar-refractivity contribution in [2.75, 3.05) is 13.1 Å². The molecule has 94 valence electrons. The molecule has 1 spiro atoms. The number of hydrogen-bond donors (Lipinski definition) is 2. The number of aromatic nitrogens is 1. The quantitative estimate of drug-likeness (QED) is 0.842. The molecule has 1 aromatic heterocycles. The third-order valence-electron chi connectivity index (χ3n) is 3.83.